The number of aryl methyl sites for hydroxylation is 1. The topological polar surface area (TPSA) is 93.9 Å². The van der Waals surface area contributed by atoms with Crippen molar-refractivity contribution in [2.75, 3.05) is 19.9 Å². The van der Waals surface area contributed by atoms with Crippen molar-refractivity contribution in [2.24, 2.45) is 5.73 Å². The average Bonchev–Trinajstić information content (AvgIpc) is 3.17. The Morgan fingerprint density at radius 2 is 1.86 bits per heavy atom. The van der Waals surface area contributed by atoms with E-state index in [2.05, 4.69) is 10.2 Å². The first-order valence-electron chi connectivity index (χ1n) is 9.82. The lowest BCUT2D eigenvalue weighted by Gasteiger charge is -2.36. The predicted molar refractivity (Wildman–Crippen MR) is 108 cm³/mol. The minimum atomic E-state index is -0.530. The summed E-state index contributed by atoms with van der Waals surface area (Å²) in [5, 5.41) is 3.11. The fourth-order valence-electron chi connectivity index (χ4n) is 4.00. The van der Waals surface area contributed by atoms with Crippen molar-refractivity contribution >= 4 is 11.8 Å². The summed E-state index contributed by atoms with van der Waals surface area (Å²) >= 11 is 0. The van der Waals surface area contributed by atoms with Crippen molar-refractivity contribution in [3.05, 3.63) is 59.2 Å². The van der Waals surface area contributed by atoms with E-state index in [0.29, 0.717) is 30.2 Å². The van der Waals surface area contributed by atoms with E-state index >= 15 is 0 Å². The Kier molecular flexibility index (Phi) is 5.40. The second-order valence-corrected chi connectivity index (χ2v) is 7.57. The maximum absolute atomic E-state index is 12.5. The minimum absolute atomic E-state index is 0.0608. The van der Waals surface area contributed by atoms with Crippen LogP contribution in [0.25, 0.3) is 0 Å². The average molecular weight is 395 g/mol. The number of carbonyl (C=O) groups excluding carboxylic acids is 2. The van der Waals surface area contributed by atoms with Gasteiger partial charge in [-0.3, -0.25) is 14.5 Å². The summed E-state index contributed by atoms with van der Waals surface area (Å²) in [6.45, 7) is 3.49. The predicted octanol–water partition coefficient (Wildman–Crippen LogP) is 2.14. The second kappa shape index (κ2) is 8.13. The number of nitrogens with two attached hydrogens (primary N) is 1. The quantitative estimate of drug-likeness (QED) is 0.809. The zero-order chi connectivity index (χ0) is 20.4. The van der Waals surface area contributed by atoms with Crippen LogP contribution in [0.1, 0.15) is 40.4 Å². The lowest BCUT2D eigenvalue weighted by Crippen LogP contribution is -2.48. The van der Waals surface area contributed by atoms with Crippen LogP contribution in [0.2, 0.25) is 0 Å². The molecule has 2 aromatic carbocycles. The van der Waals surface area contributed by atoms with Gasteiger partial charge in [-0.15, -0.1) is 0 Å². The molecule has 1 fully saturated rings. The molecule has 1 unspecified atom stereocenters. The van der Waals surface area contributed by atoms with Gasteiger partial charge in [0, 0.05) is 24.7 Å². The van der Waals surface area contributed by atoms with Gasteiger partial charge in [-0.2, -0.15) is 0 Å². The number of ether oxygens (including phenoxy) is 2. The highest BCUT2D eigenvalue weighted by atomic mass is 16.7. The van der Waals surface area contributed by atoms with Crippen LogP contribution in [0.4, 0.5) is 0 Å². The number of amides is 2. The molecule has 2 aliphatic rings. The highest BCUT2D eigenvalue weighted by molar-refractivity contribution is 5.94. The van der Waals surface area contributed by atoms with Crippen LogP contribution in [0.3, 0.4) is 0 Å². The molecule has 29 heavy (non-hydrogen) atoms. The van der Waals surface area contributed by atoms with Gasteiger partial charge in [-0.25, -0.2) is 0 Å². The van der Waals surface area contributed by atoms with Crippen LogP contribution in [-0.4, -0.2) is 42.6 Å². The van der Waals surface area contributed by atoms with Crippen molar-refractivity contribution in [1.82, 2.24) is 10.2 Å². The summed E-state index contributed by atoms with van der Waals surface area (Å²) in [6.07, 6.45) is 1.51. The lowest BCUT2D eigenvalue weighted by molar-refractivity contribution is -0.124. The first-order chi connectivity index (χ1) is 14.0. The molecule has 7 heteroatoms. The van der Waals surface area contributed by atoms with Crippen LogP contribution in [0, 0.1) is 6.92 Å². The lowest BCUT2D eigenvalue weighted by atomic mass is 9.98. The number of rotatable bonds is 5. The summed E-state index contributed by atoms with van der Waals surface area (Å²) in [5.41, 5.74) is 8.25. The number of hydrogen-bond donors (Lipinski definition) is 2. The van der Waals surface area contributed by atoms with Crippen molar-refractivity contribution in [3.8, 4) is 11.5 Å². The van der Waals surface area contributed by atoms with Gasteiger partial charge in [0.25, 0.3) is 5.91 Å². The van der Waals surface area contributed by atoms with E-state index in [9.17, 15) is 9.59 Å². The third-order valence-corrected chi connectivity index (χ3v) is 5.49. The molecule has 2 aliphatic heterocycles. The highest BCUT2D eigenvalue weighted by Gasteiger charge is 2.31. The normalized spacial score (nSPS) is 17.7. The Hall–Kier alpha value is -3.06. The standard InChI is InChI=1S/C22H25N3O4/c1-14-3-2-4-16(11-14)22(27)24-17-7-9-25(10-8-17)20(21(23)26)15-5-6-18-19(12-15)29-13-28-18/h2-6,11-12,17,20H,7-10,13H2,1H3,(H2,23,26)(H,24,27). The molecule has 0 saturated carbocycles. The Balaban J connectivity index is 1.39. The SMILES string of the molecule is Cc1cccc(C(=O)NC2CCN(C(C(N)=O)c3ccc4c(c3)OCO4)CC2)c1. The third kappa shape index (κ3) is 4.19. The van der Waals surface area contributed by atoms with Crippen LogP contribution < -0.4 is 20.5 Å². The molecular weight excluding hydrogens is 370 g/mol. The van der Waals surface area contributed by atoms with Crippen molar-refractivity contribution in [1.29, 1.82) is 0 Å². The van der Waals surface area contributed by atoms with Crippen LogP contribution in [-0.2, 0) is 4.79 Å². The Bertz CT molecular complexity index is 922. The number of primary amides is 1. The number of likely N-dealkylation sites (tertiary alicyclic amines) is 1. The van der Waals surface area contributed by atoms with E-state index in [4.69, 9.17) is 15.2 Å². The molecule has 3 N–H and O–H groups in total. The largest absolute Gasteiger partial charge is 0.454 e. The molecule has 7 nitrogen and oxygen atoms in total. The summed E-state index contributed by atoms with van der Waals surface area (Å²) in [7, 11) is 0. The van der Waals surface area contributed by atoms with E-state index in [1.54, 1.807) is 0 Å². The Morgan fingerprint density at radius 3 is 2.59 bits per heavy atom. The molecule has 0 aromatic heterocycles. The third-order valence-electron chi connectivity index (χ3n) is 5.49. The maximum atomic E-state index is 12.5. The zero-order valence-electron chi connectivity index (χ0n) is 16.4. The molecule has 0 aliphatic carbocycles. The molecule has 0 bridgehead atoms. The van der Waals surface area contributed by atoms with E-state index in [1.165, 1.54) is 0 Å². The molecule has 2 heterocycles. The number of nitrogens with one attached hydrogen (secondary N) is 1. The van der Waals surface area contributed by atoms with Gasteiger partial charge in [0.15, 0.2) is 11.5 Å². The minimum Gasteiger partial charge on any atom is -0.454 e. The van der Waals surface area contributed by atoms with Gasteiger partial charge in [-0.05, 0) is 49.6 Å². The van der Waals surface area contributed by atoms with Crippen molar-refractivity contribution in [2.45, 2.75) is 31.8 Å². The molecular formula is C22H25N3O4. The fourth-order valence-corrected chi connectivity index (χ4v) is 4.00. The Morgan fingerprint density at radius 1 is 1.10 bits per heavy atom. The first-order valence-corrected chi connectivity index (χ1v) is 9.82. The first kappa shape index (κ1) is 19.3. The smallest absolute Gasteiger partial charge is 0.251 e. The highest BCUT2D eigenvalue weighted by Crippen LogP contribution is 2.36. The molecule has 1 saturated heterocycles. The zero-order valence-corrected chi connectivity index (χ0v) is 16.4. The maximum Gasteiger partial charge on any atom is 0.251 e. The van der Waals surface area contributed by atoms with Crippen LogP contribution >= 0.6 is 0 Å². The van der Waals surface area contributed by atoms with Gasteiger partial charge in [0.1, 0.15) is 6.04 Å². The molecule has 2 amide bonds. The van der Waals surface area contributed by atoms with Gasteiger partial charge >= 0.3 is 0 Å². The number of fused-ring (bicyclic) bond motifs is 1. The van der Waals surface area contributed by atoms with Gasteiger partial charge in [0.2, 0.25) is 12.7 Å². The molecule has 1 atom stereocenters. The molecule has 0 spiro atoms. The second-order valence-electron chi connectivity index (χ2n) is 7.57. The monoisotopic (exact) mass is 395 g/mol. The van der Waals surface area contributed by atoms with E-state index in [1.807, 2.05) is 49.4 Å². The van der Waals surface area contributed by atoms with E-state index in [0.717, 1.165) is 24.0 Å². The van der Waals surface area contributed by atoms with Gasteiger partial charge < -0.3 is 20.5 Å². The van der Waals surface area contributed by atoms with Crippen molar-refractivity contribution in [3.63, 3.8) is 0 Å². The Labute approximate surface area is 169 Å². The number of piperidine rings is 1. The number of hydrogen-bond acceptors (Lipinski definition) is 5. The molecule has 2 aromatic rings. The summed E-state index contributed by atoms with van der Waals surface area (Å²) < 4.78 is 10.8. The van der Waals surface area contributed by atoms with Crippen LogP contribution in [0.5, 0.6) is 11.5 Å². The van der Waals surface area contributed by atoms with Crippen LogP contribution in [0.15, 0.2) is 42.5 Å². The number of nitrogens with zero attached hydrogens (tertiary/aromatic N) is 1. The number of benzene rings is 2. The summed E-state index contributed by atoms with van der Waals surface area (Å²) in [4.78, 5) is 26.8. The van der Waals surface area contributed by atoms with Gasteiger partial charge in [-0.1, -0.05) is 23.8 Å². The molecule has 4 rings (SSSR count). The van der Waals surface area contributed by atoms with Crippen molar-refractivity contribution < 1.29 is 19.1 Å². The van der Waals surface area contributed by atoms with Gasteiger partial charge in [0.05, 0.1) is 0 Å². The summed E-state index contributed by atoms with van der Waals surface area (Å²) in [6, 6.07) is 12.6. The van der Waals surface area contributed by atoms with E-state index in [-0.39, 0.29) is 18.7 Å². The fraction of sp³-hybridized carbons (Fsp3) is 0.364. The molecule has 152 valence electrons. The summed E-state index contributed by atoms with van der Waals surface area (Å²) in [5.74, 6) is 0.851. The molecule has 0 radical (unpaired) electrons. The number of carbonyl (C=O) groups is 2. The van der Waals surface area contributed by atoms with E-state index < -0.39 is 11.9 Å².